The third kappa shape index (κ3) is 3.69. The average molecular weight is 425 g/mol. The van der Waals surface area contributed by atoms with Gasteiger partial charge < -0.3 is 0 Å². The number of rotatable bonds is 3. The summed E-state index contributed by atoms with van der Waals surface area (Å²) in [7, 11) is -3.59. The van der Waals surface area contributed by atoms with Crippen LogP contribution in [0.3, 0.4) is 0 Å². The summed E-state index contributed by atoms with van der Waals surface area (Å²) in [5, 5.41) is 0. The highest BCUT2D eigenvalue weighted by Crippen LogP contribution is 2.29. The monoisotopic (exact) mass is 423 g/mol. The lowest BCUT2D eigenvalue weighted by Gasteiger charge is -2.22. The summed E-state index contributed by atoms with van der Waals surface area (Å²) in [6.07, 6.45) is 2.04. The zero-order valence-corrected chi connectivity index (χ0v) is 14.9. The number of benzene rings is 1. The van der Waals surface area contributed by atoms with Crippen LogP contribution in [0.1, 0.15) is 31.2 Å². The van der Waals surface area contributed by atoms with Crippen LogP contribution in [0.2, 0.25) is 0 Å². The van der Waals surface area contributed by atoms with Gasteiger partial charge in [-0.15, -0.1) is 0 Å². The molecule has 1 fully saturated rings. The molecule has 0 atom stereocenters. The Morgan fingerprint density at radius 1 is 1.15 bits per heavy atom. The van der Waals surface area contributed by atoms with Crippen LogP contribution in [0.25, 0.3) is 0 Å². The molecule has 1 aromatic rings. The number of carbonyl (C=O) groups is 1. The van der Waals surface area contributed by atoms with Gasteiger partial charge >= 0.3 is 0 Å². The standard InChI is InChI=1S/C13H15Br2NO3S/c1-8-6-12(15)13(7-11(8)14)20(18,19)16-9-2-4-10(17)5-3-9/h6-7,9,16H,2-5H2,1H3. The molecular weight excluding hydrogens is 410 g/mol. The van der Waals surface area contributed by atoms with Crippen molar-refractivity contribution in [1.82, 2.24) is 4.72 Å². The van der Waals surface area contributed by atoms with E-state index in [0.29, 0.717) is 30.2 Å². The first-order valence-electron chi connectivity index (χ1n) is 6.29. The minimum Gasteiger partial charge on any atom is -0.300 e. The summed E-state index contributed by atoms with van der Waals surface area (Å²) in [5.74, 6) is 0.208. The lowest BCUT2D eigenvalue weighted by molar-refractivity contribution is -0.120. The predicted octanol–water partition coefficient (Wildman–Crippen LogP) is 3.31. The number of halogens is 2. The molecule has 0 spiro atoms. The van der Waals surface area contributed by atoms with Crippen LogP contribution < -0.4 is 4.72 Å². The second-order valence-electron chi connectivity index (χ2n) is 4.97. The van der Waals surface area contributed by atoms with E-state index < -0.39 is 10.0 Å². The Morgan fingerprint density at radius 3 is 2.35 bits per heavy atom. The van der Waals surface area contributed by atoms with Crippen molar-refractivity contribution in [2.75, 3.05) is 0 Å². The van der Waals surface area contributed by atoms with Crippen molar-refractivity contribution >= 4 is 47.7 Å². The molecule has 0 amide bonds. The predicted molar refractivity (Wildman–Crippen MR) is 84.2 cm³/mol. The fourth-order valence-electron chi connectivity index (χ4n) is 2.17. The molecule has 1 saturated carbocycles. The number of nitrogens with one attached hydrogen (secondary N) is 1. The molecule has 20 heavy (non-hydrogen) atoms. The zero-order chi connectivity index (χ0) is 14.9. The summed E-state index contributed by atoms with van der Waals surface area (Å²) < 4.78 is 28.8. The lowest BCUT2D eigenvalue weighted by Crippen LogP contribution is -2.37. The van der Waals surface area contributed by atoms with Crippen molar-refractivity contribution in [3.63, 3.8) is 0 Å². The number of ketones is 1. The van der Waals surface area contributed by atoms with Crippen molar-refractivity contribution in [2.24, 2.45) is 0 Å². The summed E-state index contributed by atoms with van der Waals surface area (Å²) in [4.78, 5) is 11.4. The van der Waals surface area contributed by atoms with Crippen LogP contribution in [0, 0.1) is 6.92 Å². The van der Waals surface area contributed by atoms with Gasteiger partial charge in [-0.25, -0.2) is 13.1 Å². The molecule has 0 unspecified atom stereocenters. The van der Waals surface area contributed by atoms with E-state index in [9.17, 15) is 13.2 Å². The first kappa shape index (κ1) is 16.1. The van der Waals surface area contributed by atoms with E-state index in [4.69, 9.17) is 0 Å². The smallest absolute Gasteiger partial charge is 0.241 e. The van der Waals surface area contributed by atoms with Gasteiger partial charge in [0, 0.05) is 27.8 Å². The van der Waals surface area contributed by atoms with E-state index in [-0.39, 0.29) is 16.7 Å². The van der Waals surface area contributed by atoms with Gasteiger partial charge in [-0.3, -0.25) is 4.79 Å². The molecular formula is C13H15Br2NO3S. The molecule has 0 saturated heterocycles. The summed E-state index contributed by atoms with van der Waals surface area (Å²) >= 11 is 6.65. The summed E-state index contributed by atoms with van der Waals surface area (Å²) in [6, 6.07) is 3.20. The topological polar surface area (TPSA) is 63.2 Å². The number of sulfonamides is 1. The molecule has 0 heterocycles. The van der Waals surface area contributed by atoms with Gasteiger partial charge in [0.2, 0.25) is 10.0 Å². The minimum atomic E-state index is -3.59. The van der Waals surface area contributed by atoms with Gasteiger partial charge in [0.15, 0.2) is 0 Å². The van der Waals surface area contributed by atoms with Gasteiger partial charge in [0.1, 0.15) is 5.78 Å². The van der Waals surface area contributed by atoms with Crippen LogP contribution >= 0.6 is 31.9 Å². The molecule has 0 radical (unpaired) electrons. The number of carbonyl (C=O) groups excluding carboxylic acids is 1. The third-order valence-corrected chi connectivity index (χ3v) is 6.70. The molecule has 110 valence electrons. The van der Waals surface area contributed by atoms with Crippen LogP contribution in [0.15, 0.2) is 26.0 Å². The van der Waals surface area contributed by atoms with Gasteiger partial charge in [-0.05, 0) is 53.4 Å². The molecule has 7 heteroatoms. The van der Waals surface area contributed by atoms with Crippen molar-refractivity contribution in [1.29, 1.82) is 0 Å². The number of hydrogen-bond donors (Lipinski definition) is 1. The normalized spacial score (nSPS) is 17.4. The molecule has 1 aromatic carbocycles. The molecule has 4 nitrogen and oxygen atoms in total. The van der Waals surface area contributed by atoms with E-state index in [0.717, 1.165) is 10.0 Å². The maximum absolute atomic E-state index is 12.4. The Hall–Kier alpha value is -0.240. The Balaban J connectivity index is 2.22. The molecule has 0 aliphatic heterocycles. The summed E-state index contributed by atoms with van der Waals surface area (Å²) in [6.45, 7) is 1.89. The highest BCUT2D eigenvalue weighted by Gasteiger charge is 2.26. The molecule has 2 rings (SSSR count). The van der Waals surface area contributed by atoms with E-state index in [1.54, 1.807) is 12.1 Å². The maximum Gasteiger partial charge on any atom is 0.241 e. The Bertz CT molecular complexity index is 633. The van der Waals surface area contributed by atoms with Gasteiger partial charge in [-0.1, -0.05) is 15.9 Å². The van der Waals surface area contributed by atoms with Crippen LogP contribution in [0.4, 0.5) is 0 Å². The van der Waals surface area contributed by atoms with E-state index >= 15 is 0 Å². The average Bonchev–Trinajstić information content (AvgIpc) is 2.36. The SMILES string of the molecule is Cc1cc(Br)c(S(=O)(=O)NC2CCC(=O)CC2)cc1Br. The Morgan fingerprint density at radius 2 is 1.75 bits per heavy atom. The van der Waals surface area contributed by atoms with E-state index in [1.165, 1.54) is 0 Å². The number of aryl methyl sites for hydroxylation is 1. The molecule has 0 bridgehead atoms. The number of Topliss-reactive ketones (excluding diaryl/α,β-unsaturated/α-hetero) is 1. The van der Waals surface area contributed by atoms with Crippen molar-refractivity contribution in [3.05, 3.63) is 26.6 Å². The van der Waals surface area contributed by atoms with Crippen molar-refractivity contribution < 1.29 is 13.2 Å². The van der Waals surface area contributed by atoms with Crippen LogP contribution in [0.5, 0.6) is 0 Å². The fraction of sp³-hybridized carbons (Fsp3) is 0.462. The summed E-state index contributed by atoms with van der Waals surface area (Å²) in [5.41, 5.74) is 0.957. The Kier molecular flexibility index (Phi) is 5.05. The van der Waals surface area contributed by atoms with Gasteiger partial charge in [0.05, 0.1) is 4.90 Å². The minimum absolute atomic E-state index is 0.162. The molecule has 0 aromatic heterocycles. The largest absolute Gasteiger partial charge is 0.300 e. The van der Waals surface area contributed by atoms with Gasteiger partial charge in [-0.2, -0.15) is 0 Å². The van der Waals surface area contributed by atoms with Crippen LogP contribution in [-0.4, -0.2) is 20.2 Å². The zero-order valence-electron chi connectivity index (χ0n) is 10.9. The van der Waals surface area contributed by atoms with Crippen molar-refractivity contribution in [3.8, 4) is 0 Å². The highest BCUT2D eigenvalue weighted by atomic mass is 79.9. The van der Waals surface area contributed by atoms with Crippen LogP contribution in [-0.2, 0) is 14.8 Å². The lowest BCUT2D eigenvalue weighted by atomic mass is 9.95. The highest BCUT2D eigenvalue weighted by molar-refractivity contribution is 9.11. The Labute approximate surface area is 135 Å². The molecule has 1 aliphatic carbocycles. The van der Waals surface area contributed by atoms with Crippen molar-refractivity contribution in [2.45, 2.75) is 43.5 Å². The van der Waals surface area contributed by atoms with E-state index in [2.05, 4.69) is 36.6 Å². The third-order valence-electron chi connectivity index (χ3n) is 3.37. The molecule has 1 N–H and O–H groups in total. The van der Waals surface area contributed by atoms with E-state index in [1.807, 2.05) is 6.92 Å². The second kappa shape index (κ2) is 6.25. The quantitative estimate of drug-likeness (QED) is 0.809. The first-order chi connectivity index (χ1) is 9.29. The fourth-order valence-corrected chi connectivity index (χ4v) is 5.16. The molecule has 1 aliphatic rings. The first-order valence-corrected chi connectivity index (χ1v) is 9.36. The number of hydrogen-bond acceptors (Lipinski definition) is 3. The van der Waals surface area contributed by atoms with Gasteiger partial charge in [0.25, 0.3) is 0 Å². The maximum atomic E-state index is 12.4. The second-order valence-corrected chi connectivity index (χ2v) is 8.36.